The molecule has 0 aliphatic heterocycles. The molecule has 4 rings (SSSR count). The van der Waals surface area contributed by atoms with Gasteiger partial charge in [-0.3, -0.25) is 4.79 Å². The van der Waals surface area contributed by atoms with Gasteiger partial charge in [-0.1, -0.05) is 55.8 Å². The third-order valence-corrected chi connectivity index (χ3v) is 6.21. The molecule has 0 spiro atoms. The van der Waals surface area contributed by atoms with Gasteiger partial charge >= 0.3 is 0 Å². The van der Waals surface area contributed by atoms with Gasteiger partial charge in [0.1, 0.15) is 0 Å². The van der Waals surface area contributed by atoms with E-state index in [1.165, 1.54) is 10.4 Å². The van der Waals surface area contributed by atoms with E-state index in [2.05, 4.69) is 54.7 Å². The van der Waals surface area contributed by atoms with Gasteiger partial charge in [-0.2, -0.15) is 5.10 Å². The van der Waals surface area contributed by atoms with Gasteiger partial charge in [-0.15, -0.1) is 11.3 Å². The minimum Gasteiger partial charge on any atom is -0.267 e. The van der Waals surface area contributed by atoms with Gasteiger partial charge in [-0.05, 0) is 55.7 Å². The zero-order chi connectivity index (χ0) is 21.8. The molecule has 0 radical (unpaired) electrons. The van der Waals surface area contributed by atoms with Crippen LogP contribution in [0, 0.1) is 6.92 Å². The SMILES string of the molecule is CCCc1ccc(/C(C)=N\NC(=O)c2cc(-c3ccc(C)s3)nc3ccccc23)cc1. The topological polar surface area (TPSA) is 54.4 Å². The molecule has 2 heterocycles. The highest BCUT2D eigenvalue weighted by molar-refractivity contribution is 7.15. The standard InChI is InChI=1S/C26H25N3OS/c1-4-7-19-11-13-20(14-12-19)18(3)28-29-26(30)22-16-24(25-15-10-17(2)31-25)27-23-9-6-5-8-21(22)23/h5-6,8-16H,4,7H2,1-3H3,(H,29,30)/b28-18-. The molecule has 1 amide bonds. The zero-order valence-electron chi connectivity index (χ0n) is 18.0. The number of hydrazone groups is 1. The van der Waals surface area contributed by atoms with E-state index in [1.807, 2.05) is 43.3 Å². The molecular formula is C26H25N3OS. The van der Waals surface area contributed by atoms with E-state index in [-0.39, 0.29) is 5.91 Å². The normalized spacial score (nSPS) is 11.6. The molecule has 0 saturated heterocycles. The maximum Gasteiger partial charge on any atom is 0.272 e. The van der Waals surface area contributed by atoms with Crippen LogP contribution in [0.25, 0.3) is 21.5 Å². The highest BCUT2D eigenvalue weighted by atomic mass is 32.1. The van der Waals surface area contributed by atoms with Gasteiger partial charge in [0.15, 0.2) is 0 Å². The number of carbonyl (C=O) groups is 1. The van der Waals surface area contributed by atoms with Crippen LogP contribution < -0.4 is 5.43 Å². The fraction of sp³-hybridized carbons (Fsp3) is 0.192. The summed E-state index contributed by atoms with van der Waals surface area (Å²) in [6, 6.07) is 22.0. The summed E-state index contributed by atoms with van der Waals surface area (Å²) in [6.45, 7) is 6.14. The zero-order valence-corrected chi connectivity index (χ0v) is 18.8. The number of aryl methyl sites for hydroxylation is 2. The summed E-state index contributed by atoms with van der Waals surface area (Å²) in [4.78, 5) is 20.1. The molecule has 2 aromatic carbocycles. The molecule has 2 aromatic heterocycles. The van der Waals surface area contributed by atoms with Gasteiger partial charge in [0.2, 0.25) is 0 Å². The number of nitrogens with one attached hydrogen (secondary N) is 1. The maximum absolute atomic E-state index is 13.1. The number of hydrogen-bond donors (Lipinski definition) is 1. The Morgan fingerprint density at radius 3 is 2.55 bits per heavy atom. The fourth-order valence-corrected chi connectivity index (χ4v) is 4.35. The molecular weight excluding hydrogens is 402 g/mol. The second-order valence-electron chi connectivity index (χ2n) is 7.57. The molecule has 1 N–H and O–H groups in total. The van der Waals surface area contributed by atoms with Crippen LogP contribution in [0.1, 0.15) is 46.6 Å². The van der Waals surface area contributed by atoms with Crippen molar-refractivity contribution in [1.29, 1.82) is 0 Å². The van der Waals surface area contributed by atoms with Crippen molar-refractivity contribution in [3.63, 3.8) is 0 Å². The lowest BCUT2D eigenvalue weighted by Gasteiger charge is -2.09. The number of pyridine rings is 1. The van der Waals surface area contributed by atoms with E-state index in [0.717, 1.165) is 45.6 Å². The summed E-state index contributed by atoms with van der Waals surface area (Å²) < 4.78 is 0. The van der Waals surface area contributed by atoms with Crippen LogP contribution in [0.15, 0.2) is 71.8 Å². The first-order valence-corrected chi connectivity index (χ1v) is 11.3. The Morgan fingerprint density at radius 1 is 1.06 bits per heavy atom. The Bertz CT molecular complexity index is 1260. The number of amides is 1. The van der Waals surface area contributed by atoms with Crippen LogP contribution in [-0.4, -0.2) is 16.6 Å². The number of benzene rings is 2. The van der Waals surface area contributed by atoms with Crippen molar-refractivity contribution in [2.75, 3.05) is 0 Å². The van der Waals surface area contributed by atoms with E-state index < -0.39 is 0 Å². The lowest BCUT2D eigenvalue weighted by Crippen LogP contribution is -2.20. The molecule has 31 heavy (non-hydrogen) atoms. The molecule has 0 aliphatic rings. The predicted octanol–water partition coefficient (Wildman–Crippen LogP) is 6.38. The second kappa shape index (κ2) is 9.23. The minimum absolute atomic E-state index is 0.241. The molecule has 0 unspecified atom stereocenters. The molecule has 0 atom stereocenters. The number of thiophene rings is 1. The average molecular weight is 428 g/mol. The summed E-state index contributed by atoms with van der Waals surface area (Å²) in [7, 11) is 0. The number of carbonyl (C=O) groups excluding carboxylic acids is 1. The van der Waals surface area contributed by atoms with Crippen LogP contribution in [0.5, 0.6) is 0 Å². The molecule has 0 fully saturated rings. The Labute approximate surface area is 186 Å². The quantitative estimate of drug-likeness (QED) is 0.287. The lowest BCUT2D eigenvalue weighted by molar-refractivity contribution is 0.0956. The summed E-state index contributed by atoms with van der Waals surface area (Å²) in [6.07, 6.45) is 2.18. The Balaban J connectivity index is 1.63. The van der Waals surface area contributed by atoms with Crippen molar-refractivity contribution in [1.82, 2.24) is 10.4 Å². The fourth-order valence-electron chi connectivity index (χ4n) is 3.52. The van der Waals surface area contributed by atoms with Crippen molar-refractivity contribution < 1.29 is 4.79 Å². The van der Waals surface area contributed by atoms with Gasteiger partial charge in [0.25, 0.3) is 5.91 Å². The smallest absolute Gasteiger partial charge is 0.267 e. The van der Waals surface area contributed by atoms with Crippen LogP contribution in [0.4, 0.5) is 0 Å². The van der Waals surface area contributed by atoms with E-state index >= 15 is 0 Å². The Hall–Kier alpha value is -3.31. The van der Waals surface area contributed by atoms with Crippen LogP contribution in [0.2, 0.25) is 0 Å². The van der Waals surface area contributed by atoms with Crippen LogP contribution in [0.3, 0.4) is 0 Å². The highest BCUT2D eigenvalue weighted by Crippen LogP contribution is 2.29. The lowest BCUT2D eigenvalue weighted by atomic mass is 10.1. The third kappa shape index (κ3) is 4.72. The van der Waals surface area contributed by atoms with Gasteiger partial charge in [0, 0.05) is 10.3 Å². The summed E-state index contributed by atoms with van der Waals surface area (Å²) in [5.41, 5.74) is 7.97. The number of para-hydroxylation sites is 1. The van der Waals surface area contributed by atoms with Gasteiger partial charge in [0.05, 0.1) is 27.4 Å². The van der Waals surface area contributed by atoms with E-state index in [1.54, 1.807) is 11.3 Å². The molecule has 4 aromatic rings. The minimum atomic E-state index is -0.241. The molecule has 0 bridgehead atoms. The number of nitrogens with zero attached hydrogens (tertiary/aromatic N) is 2. The number of fused-ring (bicyclic) bond motifs is 1. The van der Waals surface area contributed by atoms with Crippen molar-refractivity contribution in [3.8, 4) is 10.6 Å². The second-order valence-corrected chi connectivity index (χ2v) is 8.86. The first-order valence-electron chi connectivity index (χ1n) is 10.5. The molecule has 0 saturated carbocycles. The highest BCUT2D eigenvalue weighted by Gasteiger charge is 2.14. The summed E-state index contributed by atoms with van der Waals surface area (Å²) in [5, 5.41) is 5.17. The van der Waals surface area contributed by atoms with Gasteiger partial charge in [-0.25, -0.2) is 10.4 Å². The first kappa shape index (κ1) is 20.9. The van der Waals surface area contributed by atoms with E-state index in [0.29, 0.717) is 5.56 Å². The van der Waals surface area contributed by atoms with Crippen molar-refractivity contribution in [2.45, 2.75) is 33.6 Å². The first-order chi connectivity index (χ1) is 15.0. The van der Waals surface area contributed by atoms with E-state index in [4.69, 9.17) is 4.98 Å². The van der Waals surface area contributed by atoms with Crippen molar-refractivity contribution in [2.24, 2.45) is 5.10 Å². The molecule has 4 nitrogen and oxygen atoms in total. The maximum atomic E-state index is 13.1. The third-order valence-electron chi connectivity index (χ3n) is 5.19. The summed E-state index contributed by atoms with van der Waals surface area (Å²) >= 11 is 1.67. The number of aromatic nitrogens is 1. The van der Waals surface area contributed by atoms with Crippen molar-refractivity contribution in [3.05, 3.63) is 88.3 Å². The summed E-state index contributed by atoms with van der Waals surface area (Å²) in [5.74, 6) is -0.241. The van der Waals surface area contributed by atoms with E-state index in [9.17, 15) is 4.79 Å². The molecule has 156 valence electrons. The van der Waals surface area contributed by atoms with Crippen molar-refractivity contribution >= 4 is 33.9 Å². The molecule has 0 aliphatic carbocycles. The Morgan fingerprint density at radius 2 is 1.84 bits per heavy atom. The predicted molar refractivity (Wildman–Crippen MR) is 130 cm³/mol. The number of rotatable bonds is 6. The van der Waals surface area contributed by atoms with Crippen LogP contribution in [-0.2, 0) is 6.42 Å². The monoisotopic (exact) mass is 427 g/mol. The Kier molecular flexibility index (Phi) is 6.23. The number of hydrogen-bond acceptors (Lipinski definition) is 4. The van der Waals surface area contributed by atoms with Crippen LogP contribution >= 0.6 is 11.3 Å². The largest absolute Gasteiger partial charge is 0.272 e. The molecule has 5 heteroatoms. The van der Waals surface area contributed by atoms with Gasteiger partial charge < -0.3 is 0 Å². The average Bonchev–Trinajstić information content (AvgIpc) is 3.23.